The van der Waals surface area contributed by atoms with Crippen molar-refractivity contribution < 1.29 is 8.42 Å². The van der Waals surface area contributed by atoms with Gasteiger partial charge in [-0.3, -0.25) is 4.40 Å². The Labute approximate surface area is 115 Å². The molecule has 0 spiro atoms. The minimum atomic E-state index is -3.62. The Morgan fingerprint density at radius 1 is 1.47 bits per heavy atom. The van der Waals surface area contributed by atoms with Gasteiger partial charge in [0.2, 0.25) is 5.03 Å². The Kier molecular flexibility index (Phi) is 4.40. The smallest absolute Gasteiger partial charge is 0.260 e. The molecule has 0 aliphatic heterocycles. The standard InChI is InChI=1S/C10H17N5O2S2/c1-2-3-4-5-12-19(16,17)9-8(14-11)13-10-15(9)6-7-18-10/h6-7,12,14H,2-5,11H2,1H3. The summed E-state index contributed by atoms with van der Waals surface area (Å²) < 4.78 is 28.7. The van der Waals surface area contributed by atoms with Crippen LogP contribution in [-0.2, 0) is 10.0 Å². The van der Waals surface area contributed by atoms with Crippen LogP contribution in [0.4, 0.5) is 5.82 Å². The van der Waals surface area contributed by atoms with Crippen LogP contribution in [-0.4, -0.2) is 24.3 Å². The van der Waals surface area contributed by atoms with Gasteiger partial charge in [0.15, 0.2) is 10.8 Å². The number of sulfonamides is 1. The summed E-state index contributed by atoms with van der Waals surface area (Å²) in [7, 11) is -3.62. The lowest BCUT2D eigenvalue weighted by atomic mass is 10.3. The number of hydrogen-bond donors (Lipinski definition) is 3. The number of thiazole rings is 1. The molecule has 7 nitrogen and oxygen atoms in total. The summed E-state index contributed by atoms with van der Waals surface area (Å²) in [5, 5.41) is 1.83. The zero-order valence-electron chi connectivity index (χ0n) is 10.6. The number of imidazole rings is 1. The summed E-state index contributed by atoms with van der Waals surface area (Å²) >= 11 is 1.35. The number of hydrogen-bond acceptors (Lipinski definition) is 6. The molecule has 0 saturated carbocycles. The molecule has 0 bridgehead atoms. The third-order valence-corrected chi connectivity index (χ3v) is 4.92. The van der Waals surface area contributed by atoms with Crippen LogP contribution in [0.25, 0.3) is 4.96 Å². The molecule has 9 heteroatoms. The molecular formula is C10H17N5O2S2. The van der Waals surface area contributed by atoms with Gasteiger partial charge in [-0.1, -0.05) is 19.8 Å². The largest absolute Gasteiger partial charge is 0.306 e. The predicted molar refractivity (Wildman–Crippen MR) is 75.6 cm³/mol. The first-order chi connectivity index (χ1) is 9.10. The number of anilines is 1. The predicted octanol–water partition coefficient (Wildman–Crippen LogP) is 1.15. The van der Waals surface area contributed by atoms with E-state index in [9.17, 15) is 8.42 Å². The monoisotopic (exact) mass is 303 g/mol. The van der Waals surface area contributed by atoms with Gasteiger partial charge < -0.3 is 5.43 Å². The van der Waals surface area contributed by atoms with Gasteiger partial charge in [0.25, 0.3) is 10.0 Å². The molecule has 106 valence electrons. The minimum Gasteiger partial charge on any atom is -0.306 e. The molecule has 0 fully saturated rings. The summed E-state index contributed by atoms with van der Waals surface area (Å²) in [6, 6.07) is 0. The molecule has 0 aliphatic carbocycles. The molecule has 0 aromatic carbocycles. The number of nitrogen functional groups attached to an aromatic ring is 1. The topological polar surface area (TPSA) is 102 Å². The van der Waals surface area contributed by atoms with Gasteiger partial charge in [-0.15, -0.1) is 11.3 Å². The van der Waals surface area contributed by atoms with Crippen molar-refractivity contribution in [2.45, 2.75) is 31.2 Å². The van der Waals surface area contributed by atoms with Crippen molar-refractivity contribution in [1.29, 1.82) is 0 Å². The van der Waals surface area contributed by atoms with Crippen LogP contribution in [0.2, 0.25) is 0 Å². The average molecular weight is 303 g/mol. The Hall–Kier alpha value is -1.16. The van der Waals surface area contributed by atoms with E-state index in [2.05, 4.69) is 22.1 Å². The molecule has 0 unspecified atom stereocenters. The quantitative estimate of drug-likeness (QED) is 0.404. The lowest BCUT2D eigenvalue weighted by molar-refractivity contribution is 0.571. The fourth-order valence-corrected chi connectivity index (χ4v) is 3.85. The number of unbranched alkanes of at least 4 members (excludes halogenated alkanes) is 2. The SMILES string of the molecule is CCCCCNS(=O)(=O)c1c(NN)nc2sccn12. The van der Waals surface area contributed by atoms with Crippen molar-refractivity contribution in [3.05, 3.63) is 11.6 Å². The van der Waals surface area contributed by atoms with Crippen LogP contribution >= 0.6 is 11.3 Å². The zero-order chi connectivity index (χ0) is 13.9. The number of hydrazine groups is 1. The lowest BCUT2D eigenvalue weighted by Gasteiger charge is -2.07. The Morgan fingerprint density at radius 2 is 2.26 bits per heavy atom. The molecule has 2 heterocycles. The maximum atomic E-state index is 12.3. The normalized spacial score (nSPS) is 12.1. The first-order valence-corrected chi connectivity index (χ1v) is 8.38. The Balaban J connectivity index is 2.28. The summed E-state index contributed by atoms with van der Waals surface area (Å²) in [6.45, 7) is 2.48. The van der Waals surface area contributed by atoms with E-state index in [4.69, 9.17) is 5.84 Å². The fraction of sp³-hybridized carbons (Fsp3) is 0.500. The first-order valence-electron chi connectivity index (χ1n) is 6.02. The van der Waals surface area contributed by atoms with E-state index in [1.165, 1.54) is 15.7 Å². The summed E-state index contributed by atoms with van der Waals surface area (Å²) in [5.74, 6) is 5.50. The number of nitrogens with zero attached hydrogens (tertiary/aromatic N) is 2. The van der Waals surface area contributed by atoms with E-state index < -0.39 is 10.0 Å². The maximum absolute atomic E-state index is 12.3. The van der Waals surface area contributed by atoms with Gasteiger partial charge in [-0.25, -0.2) is 19.0 Å². The minimum absolute atomic E-state index is 0.0581. The van der Waals surface area contributed by atoms with E-state index >= 15 is 0 Å². The third kappa shape index (κ3) is 2.89. The van der Waals surface area contributed by atoms with E-state index in [-0.39, 0.29) is 10.8 Å². The van der Waals surface area contributed by atoms with Crippen molar-refractivity contribution in [3.63, 3.8) is 0 Å². The van der Waals surface area contributed by atoms with Gasteiger partial charge in [0.05, 0.1) is 0 Å². The second-order valence-electron chi connectivity index (χ2n) is 4.07. The number of fused-ring (bicyclic) bond motifs is 1. The third-order valence-electron chi connectivity index (χ3n) is 2.68. The van der Waals surface area contributed by atoms with E-state index in [0.29, 0.717) is 11.5 Å². The zero-order valence-corrected chi connectivity index (χ0v) is 12.2. The molecule has 0 atom stereocenters. The molecule has 0 radical (unpaired) electrons. The second kappa shape index (κ2) is 5.87. The summed E-state index contributed by atoms with van der Waals surface area (Å²) in [4.78, 5) is 4.71. The van der Waals surface area contributed by atoms with Gasteiger partial charge in [0, 0.05) is 18.1 Å². The molecule has 0 saturated heterocycles. The van der Waals surface area contributed by atoms with E-state index in [0.717, 1.165) is 19.3 Å². The molecule has 4 N–H and O–H groups in total. The van der Waals surface area contributed by atoms with Crippen LogP contribution in [0.5, 0.6) is 0 Å². The molecule has 19 heavy (non-hydrogen) atoms. The lowest BCUT2D eigenvalue weighted by Crippen LogP contribution is -2.27. The van der Waals surface area contributed by atoms with Crippen LogP contribution < -0.4 is 16.0 Å². The van der Waals surface area contributed by atoms with Crippen LogP contribution in [0.1, 0.15) is 26.2 Å². The first kappa shape index (κ1) is 14.3. The van der Waals surface area contributed by atoms with Crippen LogP contribution in [0.15, 0.2) is 16.6 Å². The maximum Gasteiger partial charge on any atom is 0.260 e. The average Bonchev–Trinajstić information content (AvgIpc) is 2.93. The summed E-state index contributed by atoms with van der Waals surface area (Å²) in [6.07, 6.45) is 4.50. The van der Waals surface area contributed by atoms with Gasteiger partial charge in [0.1, 0.15) is 0 Å². The highest BCUT2D eigenvalue weighted by Crippen LogP contribution is 2.24. The van der Waals surface area contributed by atoms with E-state index in [1.54, 1.807) is 11.6 Å². The highest BCUT2D eigenvalue weighted by molar-refractivity contribution is 7.89. The molecule has 2 rings (SSSR count). The highest BCUT2D eigenvalue weighted by Gasteiger charge is 2.25. The summed E-state index contributed by atoms with van der Waals surface area (Å²) in [5.41, 5.74) is 2.33. The molecular weight excluding hydrogens is 286 g/mol. The van der Waals surface area contributed by atoms with Crippen molar-refractivity contribution in [3.8, 4) is 0 Å². The van der Waals surface area contributed by atoms with Gasteiger partial charge in [-0.05, 0) is 6.42 Å². The van der Waals surface area contributed by atoms with Crippen molar-refractivity contribution >= 4 is 32.1 Å². The molecule has 0 amide bonds. The Morgan fingerprint density at radius 3 is 2.95 bits per heavy atom. The number of nitrogens with one attached hydrogen (secondary N) is 2. The van der Waals surface area contributed by atoms with Crippen LogP contribution in [0.3, 0.4) is 0 Å². The number of rotatable bonds is 7. The Bertz CT molecular complexity index is 646. The van der Waals surface area contributed by atoms with Gasteiger partial charge in [-0.2, -0.15) is 4.98 Å². The van der Waals surface area contributed by atoms with Crippen molar-refractivity contribution in [1.82, 2.24) is 14.1 Å². The second-order valence-corrected chi connectivity index (χ2v) is 6.63. The number of aromatic nitrogens is 2. The molecule has 2 aromatic heterocycles. The molecule has 0 aliphatic rings. The fourth-order valence-electron chi connectivity index (χ4n) is 1.77. The van der Waals surface area contributed by atoms with Crippen LogP contribution in [0, 0.1) is 0 Å². The van der Waals surface area contributed by atoms with E-state index in [1.807, 2.05) is 0 Å². The van der Waals surface area contributed by atoms with Crippen molar-refractivity contribution in [2.24, 2.45) is 5.84 Å². The number of nitrogens with two attached hydrogens (primary N) is 1. The van der Waals surface area contributed by atoms with Crippen molar-refractivity contribution in [2.75, 3.05) is 12.0 Å². The highest BCUT2D eigenvalue weighted by atomic mass is 32.2. The molecule has 2 aromatic rings. The van der Waals surface area contributed by atoms with Gasteiger partial charge >= 0.3 is 0 Å².